The van der Waals surface area contributed by atoms with Crippen molar-refractivity contribution in [3.8, 4) is 23.6 Å². The maximum Gasteiger partial charge on any atom is 0.259 e. The molecule has 4 rings (SSSR count). The molecule has 2 aromatic heterocycles. The summed E-state index contributed by atoms with van der Waals surface area (Å²) in [7, 11) is 3.33. The molecule has 7 heteroatoms. The molecule has 0 atom stereocenters. The number of amides is 2. The van der Waals surface area contributed by atoms with Crippen molar-refractivity contribution in [2.75, 3.05) is 18.5 Å². The zero-order chi connectivity index (χ0) is 23.5. The van der Waals surface area contributed by atoms with Gasteiger partial charge in [0.25, 0.3) is 5.91 Å². The molecule has 0 aliphatic heterocycles. The lowest BCUT2D eigenvalue weighted by Crippen LogP contribution is -2.40. The van der Waals surface area contributed by atoms with Gasteiger partial charge in [-0.15, -0.1) is 6.42 Å². The SMILES string of the molecule is C#Cc1cccc(N(CC(=O)NC)C(=O)c2cc(-c3ccccc3)nc3c2c(C)nn3C)c1. The smallest absolute Gasteiger partial charge is 0.259 e. The predicted octanol–water partition coefficient (Wildman–Crippen LogP) is 3.32. The lowest BCUT2D eigenvalue weighted by atomic mass is 10.0. The molecule has 0 aliphatic rings. The van der Waals surface area contributed by atoms with Crippen molar-refractivity contribution < 1.29 is 9.59 Å². The predicted molar refractivity (Wildman–Crippen MR) is 129 cm³/mol. The van der Waals surface area contributed by atoms with E-state index in [1.165, 1.54) is 11.9 Å². The van der Waals surface area contributed by atoms with Crippen LogP contribution in [0.25, 0.3) is 22.3 Å². The van der Waals surface area contributed by atoms with Crippen LogP contribution in [0.15, 0.2) is 60.7 Å². The monoisotopic (exact) mass is 437 g/mol. The fraction of sp³-hybridized carbons (Fsp3) is 0.154. The van der Waals surface area contributed by atoms with Crippen molar-refractivity contribution in [2.45, 2.75) is 6.92 Å². The highest BCUT2D eigenvalue weighted by Gasteiger charge is 2.26. The van der Waals surface area contributed by atoms with Gasteiger partial charge in [-0.05, 0) is 31.2 Å². The van der Waals surface area contributed by atoms with Crippen LogP contribution < -0.4 is 10.2 Å². The van der Waals surface area contributed by atoms with Gasteiger partial charge in [-0.1, -0.05) is 42.3 Å². The molecule has 2 heterocycles. The highest BCUT2D eigenvalue weighted by atomic mass is 16.2. The number of fused-ring (bicyclic) bond motifs is 1. The van der Waals surface area contributed by atoms with Gasteiger partial charge in [-0.2, -0.15) is 5.10 Å². The molecule has 4 aromatic rings. The summed E-state index contributed by atoms with van der Waals surface area (Å²) in [6.07, 6.45) is 5.56. The van der Waals surface area contributed by atoms with Crippen molar-refractivity contribution in [2.24, 2.45) is 7.05 Å². The number of carbonyl (C=O) groups excluding carboxylic acids is 2. The number of aromatic nitrogens is 3. The Morgan fingerprint density at radius 1 is 1.12 bits per heavy atom. The number of hydrogen-bond donors (Lipinski definition) is 1. The molecular formula is C26H23N5O2. The number of pyridine rings is 1. The first-order valence-electron chi connectivity index (χ1n) is 10.4. The Labute approximate surface area is 192 Å². The number of terminal acetylenes is 1. The number of benzene rings is 2. The van der Waals surface area contributed by atoms with E-state index in [1.807, 2.05) is 37.3 Å². The molecule has 2 amide bonds. The topological polar surface area (TPSA) is 80.1 Å². The molecule has 7 nitrogen and oxygen atoms in total. The Kier molecular flexibility index (Phi) is 5.92. The number of anilines is 1. The van der Waals surface area contributed by atoms with Crippen LogP contribution in [-0.2, 0) is 11.8 Å². The lowest BCUT2D eigenvalue weighted by Gasteiger charge is -2.23. The van der Waals surface area contributed by atoms with Crippen LogP contribution in [0.5, 0.6) is 0 Å². The molecule has 0 spiro atoms. The van der Waals surface area contributed by atoms with Crippen LogP contribution in [0.4, 0.5) is 5.69 Å². The Morgan fingerprint density at radius 2 is 1.88 bits per heavy atom. The molecule has 2 aromatic carbocycles. The summed E-state index contributed by atoms with van der Waals surface area (Å²) in [5.74, 6) is 1.94. The minimum atomic E-state index is -0.339. The number of aryl methyl sites for hydroxylation is 2. The second-order valence-electron chi connectivity index (χ2n) is 7.59. The number of rotatable bonds is 5. The summed E-state index contributed by atoms with van der Waals surface area (Å²) in [6.45, 7) is 1.68. The van der Waals surface area contributed by atoms with Gasteiger partial charge in [0.1, 0.15) is 6.54 Å². The summed E-state index contributed by atoms with van der Waals surface area (Å²) in [4.78, 5) is 32.5. The summed E-state index contributed by atoms with van der Waals surface area (Å²) >= 11 is 0. The maximum absolute atomic E-state index is 14.0. The van der Waals surface area contributed by atoms with E-state index in [9.17, 15) is 9.59 Å². The number of nitrogens with zero attached hydrogens (tertiary/aromatic N) is 4. The fourth-order valence-electron chi connectivity index (χ4n) is 3.78. The second-order valence-corrected chi connectivity index (χ2v) is 7.59. The van der Waals surface area contributed by atoms with E-state index >= 15 is 0 Å². The highest BCUT2D eigenvalue weighted by molar-refractivity contribution is 6.16. The van der Waals surface area contributed by atoms with Crippen molar-refractivity contribution in [3.63, 3.8) is 0 Å². The molecule has 1 N–H and O–H groups in total. The van der Waals surface area contributed by atoms with Gasteiger partial charge in [0.2, 0.25) is 5.91 Å². The lowest BCUT2D eigenvalue weighted by molar-refractivity contribution is -0.119. The number of hydrogen-bond acceptors (Lipinski definition) is 4. The summed E-state index contributed by atoms with van der Waals surface area (Å²) in [5, 5.41) is 7.72. The Morgan fingerprint density at radius 3 is 2.58 bits per heavy atom. The van der Waals surface area contributed by atoms with Crippen molar-refractivity contribution in [1.29, 1.82) is 0 Å². The Balaban J connectivity index is 1.93. The molecule has 0 radical (unpaired) electrons. The van der Waals surface area contributed by atoms with Gasteiger partial charge >= 0.3 is 0 Å². The Bertz CT molecular complexity index is 1400. The number of nitrogens with one attached hydrogen (secondary N) is 1. The van der Waals surface area contributed by atoms with Gasteiger partial charge in [-0.3, -0.25) is 19.2 Å². The largest absolute Gasteiger partial charge is 0.358 e. The van der Waals surface area contributed by atoms with Crippen LogP contribution in [0, 0.1) is 19.3 Å². The average Bonchev–Trinajstić information content (AvgIpc) is 3.15. The van der Waals surface area contributed by atoms with Gasteiger partial charge in [-0.25, -0.2) is 4.98 Å². The summed E-state index contributed by atoms with van der Waals surface area (Å²) < 4.78 is 1.66. The molecule has 0 bridgehead atoms. The number of carbonyl (C=O) groups is 2. The maximum atomic E-state index is 14.0. The first-order valence-corrected chi connectivity index (χ1v) is 10.4. The minimum Gasteiger partial charge on any atom is -0.358 e. The normalized spacial score (nSPS) is 10.6. The molecule has 33 heavy (non-hydrogen) atoms. The molecule has 0 unspecified atom stereocenters. The molecule has 0 saturated carbocycles. The van der Waals surface area contributed by atoms with E-state index in [2.05, 4.69) is 16.3 Å². The standard InChI is InChI=1S/C26H23N5O2/c1-5-18-10-9-13-20(14-18)31(16-23(32)27-3)26(33)21-15-22(19-11-7-6-8-12-19)28-25-24(21)17(2)29-30(25)4/h1,6-15H,16H2,2-4H3,(H,27,32). The summed E-state index contributed by atoms with van der Waals surface area (Å²) in [5.41, 5.74) is 4.36. The first kappa shape index (κ1) is 21.8. The van der Waals surface area contributed by atoms with Crippen molar-refractivity contribution in [1.82, 2.24) is 20.1 Å². The quantitative estimate of drug-likeness (QED) is 0.486. The average molecular weight is 438 g/mol. The van der Waals surface area contributed by atoms with Crippen LogP contribution in [-0.4, -0.2) is 40.2 Å². The molecule has 0 aliphatic carbocycles. The van der Waals surface area contributed by atoms with Crippen molar-refractivity contribution >= 4 is 28.5 Å². The Hall–Kier alpha value is -4.44. The van der Waals surface area contributed by atoms with E-state index in [4.69, 9.17) is 11.4 Å². The van der Waals surface area contributed by atoms with E-state index in [0.717, 1.165) is 5.56 Å². The van der Waals surface area contributed by atoms with E-state index in [0.29, 0.717) is 39.2 Å². The minimum absolute atomic E-state index is 0.160. The van der Waals surface area contributed by atoms with Crippen LogP contribution >= 0.6 is 0 Å². The second kappa shape index (κ2) is 8.97. The molecule has 164 valence electrons. The third-order valence-electron chi connectivity index (χ3n) is 5.42. The third kappa shape index (κ3) is 4.19. The van der Waals surface area contributed by atoms with Gasteiger partial charge < -0.3 is 5.32 Å². The highest BCUT2D eigenvalue weighted by Crippen LogP contribution is 2.29. The van der Waals surface area contributed by atoms with Gasteiger partial charge in [0.05, 0.1) is 22.3 Å². The van der Waals surface area contributed by atoms with E-state index in [-0.39, 0.29) is 18.4 Å². The molecular weight excluding hydrogens is 414 g/mol. The van der Waals surface area contributed by atoms with E-state index < -0.39 is 0 Å². The van der Waals surface area contributed by atoms with Crippen LogP contribution in [0.3, 0.4) is 0 Å². The molecule has 0 fully saturated rings. The van der Waals surface area contributed by atoms with Crippen LogP contribution in [0.1, 0.15) is 21.6 Å². The van der Waals surface area contributed by atoms with Crippen LogP contribution in [0.2, 0.25) is 0 Å². The summed E-state index contributed by atoms with van der Waals surface area (Å²) in [6, 6.07) is 18.4. The third-order valence-corrected chi connectivity index (χ3v) is 5.42. The van der Waals surface area contributed by atoms with Gasteiger partial charge in [0.15, 0.2) is 5.65 Å². The fourth-order valence-corrected chi connectivity index (χ4v) is 3.78. The zero-order valence-electron chi connectivity index (χ0n) is 18.7. The first-order chi connectivity index (χ1) is 15.9. The zero-order valence-corrected chi connectivity index (χ0v) is 18.7. The molecule has 0 saturated heterocycles. The number of likely N-dealkylation sites (N-methyl/N-ethyl adjacent to an activating group) is 1. The van der Waals surface area contributed by atoms with Crippen molar-refractivity contribution in [3.05, 3.63) is 77.5 Å². The van der Waals surface area contributed by atoms with E-state index in [1.54, 1.807) is 42.1 Å². The van der Waals surface area contributed by atoms with Gasteiger partial charge in [0, 0.05) is 30.9 Å².